The first-order valence-electron chi connectivity index (χ1n) is 6.96. The molecule has 2 N–H and O–H groups in total. The monoisotopic (exact) mass is 316 g/mol. The van der Waals surface area contributed by atoms with Gasteiger partial charge in [0.1, 0.15) is 5.82 Å². The first-order valence-corrected chi connectivity index (χ1v) is 8.40. The first kappa shape index (κ1) is 16.4. The van der Waals surface area contributed by atoms with Gasteiger partial charge >= 0.3 is 0 Å². The zero-order chi connectivity index (χ0) is 15.5. The fraction of sp³-hybridized carbons (Fsp3) is 0.571. The van der Waals surface area contributed by atoms with Gasteiger partial charge in [0.25, 0.3) is 0 Å². The Morgan fingerprint density at radius 1 is 1.38 bits per heavy atom. The molecule has 0 bridgehead atoms. The number of methoxy groups -OCH3 is 1. The third-order valence-electron chi connectivity index (χ3n) is 3.85. The Balaban J connectivity index is 2.15. The standard InChI is InChI=1S/C14H21FN2O3S/c1-20-10-11-4-6-17(7-5-11)21(18,19)13-2-3-14(15)12(8-13)9-16/h2-3,8,11H,4-7,9-10,16H2,1H3. The second-order valence-electron chi connectivity index (χ2n) is 5.26. The van der Waals surface area contributed by atoms with Crippen LogP contribution in [0.15, 0.2) is 23.1 Å². The molecule has 118 valence electrons. The van der Waals surface area contributed by atoms with Gasteiger partial charge in [-0.05, 0) is 37.0 Å². The van der Waals surface area contributed by atoms with Crippen molar-refractivity contribution in [1.82, 2.24) is 4.31 Å². The Hall–Kier alpha value is -1.02. The third kappa shape index (κ3) is 3.60. The summed E-state index contributed by atoms with van der Waals surface area (Å²) in [6, 6.07) is 3.78. The molecule has 1 aliphatic heterocycles. The number of benzene rings is 1. The van der Waals surface area contributed by atoms with Crippen LogP contribution >= 0.6 is 0 Å². The predicted octanol–water partition coefficient (Wildman–Crippen LogP) is 1.33. The highest BCUT2D eigenvalue weighted by Gasteiger charge is 2.29. The molecule has 0 amide bonds. The number of sulfonamides is 1. The van der Waals surface area contributed by atoms with Gasteiger partial charge in [0.05, 0.1) is 4.90 Å². The third-order valence-corrected chi connectivity index (χ3v) is 5.75. The Morgan fingerprint density at radius 2 is 2.05 bits per heavy atom. The molecule has 1 aromatic carbocycles. The maximum absolute atomic E-state index is 13.4. The number of ether oxygens (including phenoxy) is 1. The van der Waals surface area contributed by atoms with Crippen LogP contribution in [0.2, 0.25) is 0 Å². The Bertz CT molecular complexity index is 584. The highest BCUT2D eigenvalue weighted by atomic mass is 32.2. The van der Waals surface area contributed by atoms with Crippen molar-refractivity contribution in [2.24, 2.45) is 11.7 Å². The summed E-state index contributed by atoms with van der Waals surface area (Å²) in [5.74, 6) is -0.0791. The quantitative estimate of drug-likeness (QED) is 0.889. The number of nitrogens with zero attached hydrogens (tertiary/aromatic N) is 1. The summed E-state index contributed by atoms with van der Waals surface area (Å²) in [4.78, 5) is 0.106. The SMILES string of the molecule is COCC1CCN(S(=O)(=O)c2ccc(F)c(CN)c2)CC1. The lowest BCUT2D eigenvalue weighted by Gasteiger charge is -2.30. The van der Waals surface area contributed by atoms with Crippen LogP contribution in [0.3, 0.4) is 0 Å². The van der Waals surface area contributed by atoms with Crippen molar-refractivity contribution in [2.75, 3.05) is 26.8 Å². The Kier molecular flexibility index (Phi) is 5.32. The van der Waals surface area contributed by atoms with Gasteiger partial charge in [-0.1, -0.05) is 0 Å². The fourth-order valence-corrected chi connectivity index (χ4v) is 4.09. The molecule has 1 fully saturated rings. The van der Waals surface area contributed by atoms with Crippen LogP contribution in [0.25, 0.3) is 0 Å². The highest BCUT2D eigenvalue weighted by molar-refractivity contribution is 7.89. The van der Waals surface area contributed by atoms with Gasteiger partial charge in [0, 0.05) is 38.9 Å². The number of hydrogen-bond donors (Lipinski definition) is 1. The maximum atomic E-state index is 13.4. The summed E-state index contributed by atoms with van der Waals surface area (Å²) in [5, 5.41) is 0. The molecule has 0 aromatic heterocycles. The lowest BCUT2D eigenvalue weighted by Crippen LogP contribution is -2.39. The van der Waals surface area contributed by atoms with Crippen LogP contribution in [0.1, 0.15) is 18.4 Å². The van der Waals surface area contributed by atoms with Gasteiger partial charge in [0.2, 0.25) is 10.0 Å². The van der Waals surface area contributed by atoms with Crippen LogP contribution < -0.4 is 5.73 Å². The van der Waals surface area contributed by atoms with Crippen molar-refractivity contribution >= 4 is 10.0 Å². The van der Waals surface area contributed by atoms with Gasteiger partial charge in [-0.2, -0.15) is 4.31 Å². The molecular weight excluding hydrogens is 295 g/mol. The summed E-state index contributed by atoms with van der Waals surface area (Å²) in [5.41, 5.74) is 5.64. The molecule has 21 heavy (non-hydrogen) atoms. The van der Waals surface area contributed by atoms with Crippen molar-refractivity contribution in [2.45, 2.75) is 24.3 Å². The van der Waals surface area contributed by atoms with E-state index >= 15 is 0 Å². The molecule has 1 heterocycles. The van der Waals surface area contributed by atoms with Gasteiger partial charge in [-0.15, -0.1) is 0 Å². The Labute approximate surface area is 124 Å². The van der Waals surface area contributed by atoms with Crippen molar-refractivity contribution in [3.63, 3.8) is 0 Å². The second kappa shape index (κ2) is 6.83. The number of nitrogens with two attached hydrogens (primary N) is 1. The summed E-state index contributed by atoms with van der Waals surface area (Å²) in [6.07, 6.45) is 1.55. The molecule has 1 saturated heterocycles. The zero-order valence-electron chi connectivity index (χ0n) is 12.1. The molecule has 0 radical (unpaired) electrons. The maximum Gasteiger partial charge on any atom is 0.243 e. The van der Waals surface area contributed by atoms with Crippen LogP contribution in [0.4, 0.5) is 4.39 Å². The molecule has 0 atom stereocenters. The van der Waals surface area contributed by atoms with E-state index in [-0.39, 0.29) is 17.0 Å². The van der Waals surface area contributed by atoms with Crippen molar-refractivity contribution in [3.05, 3.63) is 29.6 Å². The number of hydrogen-bond acceptors (Lipinski definition) is 4. The molecule has 0 aliphatic carbocycles. The molecular formula is C14H21FN2O3S. The van der Waals surface area contributed by atoms with E-state index in [1.54, 1.807) is 7.11 Å². The van der Waals surface area contributed by atoms with Gasteiger partial charge < -0.3 is 10.5 Å². The largest absolute Gasteiger partial charge is 0.384 e. The molecule has 7 heteroatoms. The zero-order valence-corrected chi connectivity index (χ0v) is 12.9. The Morgan fingerprint density at radius 3 is 2.62 bits per heavy atom. The van der Waals surface area contributed by atoms with E-state index in [0.29, 0.717) is 25.6 Å². The van der Waals surface area contributed by atoms with Crippen LogP contribution in [-0.4, -0.2) is 39.5 Å². The lowest BCUT2D eigenvalue weighted by molar-refractivity contribution is 0.121. The minimum atomic E-state index is -3.58. The van der Waals surface area contributed by atoms with E-state index in [2.05, 4.69) is 0 Å². The average molecular weight is 316 g/mol. The van der Waals surface area contributed by atoms with E-state index < -0.39 is 15.8 Å². The summed E-state index contributed by atoms with van der Waals surface area (Å²) in [7, 11) is -1.93. The molecule has 0 unspecified atom stereocenters. The summed E-state index contributed by atoms with van der Waals surface area (Å²) >= 11 is 0. The summed E-state index contributed by atoms with van der Waals surface area (Å²) < 4.78 is 45.1. The smallest absolute Gasteiger partial charge is 0.243 e. The highest BCUT2D eigenvalue weighted by Crippen LogP contribution is 2.25. The number of piperidine rings is 1. The predicted molar refractivity (Wildman–Crippen MR) is 77.7 cm³/mol. The van der Waals surface area contributed by atoms with E-state index in [4.69, 9.17) is 10.5 Å². The molecule has 1 aliphatic rings. The lowest BCUT2D eigenvalue weighted by atomic mass is 9.99. The van der Waals surface area contributed by atoms with Crippen molar-refractivity contribution < 1.29 is 17.5 Å². The number of halogens is 1. The normalized spacial score (nSPS) is 18.0. The van der Waals surface area contributed by atoms with E-state index in [1.807, 2.05) is 0 Å². The van der Waals surface area contributed by atoms with E-state index in [1.165, 1.54) is 16.4 Å². The summed E-state index contributed by atoms with van der Waals surface area (Å²) in [6.45, 7) is 1.56. The van der Waals surface area contributed by atoms with E-state index in [9.17, 15) is 12.8 Å². The van der Waals surface area contributed by atoms with Crippen LogP contribution in [0, 0.1) is 11.7 Å². The van der Waals surface area contributed by atoms with Gasteiger partial charge in [-0.25, -0.2) is 12.8 Å². The minimum Gasteiger partial charge on any atom is -0.384 e. The minimum absolute atomic E-state index is 0.0227. The van der Waals surface area contributed by atoms with Crippen molar-refractivity contribution in [1.29, 1.82) is 0 Å². The first-order chi connectivity index (χ1) is 9.98. The van der Waals surface area contributed by atoms with Gasteiger partial charge in [0.15, 0.2) is 0 Å². The average Bonchev–Trinajstić information content (AvgIpc) is 2.48. The molecule has 1 aromatic rings. The number of rotatable bonds is 5. The van der Waals surface area contributed by atoms with E-state index in [0.717, 1.165) is 18.9 Å². The van der Waals surface area contributed by atoms with Crippen molar-refractivity contribution in [3.8, 4) is 0 Å². The van der Waals surface area contributed by atoms with Crippen LogP contribution in [0.5, 0.6) is 0 Å². The molecule has 0 saturated carbocycles. The molecule has 2 rings (SSSR count). The van der Waals surface area contributed by atoms with Gasteiger partial charge in [-0.3, -0.25) is 0 Å². The fourth-order valence-electron chi connectivity index (χ4n) is 2.57. The van der Waals surface area contributed by atoms with Crippen LogP contribution in [-0.2, 0) is 21.3 Å². The molecule has 0 spiro atoms. The topological polar surface area (TPSA) is 72.6 Å². The second-order valence-corrected chi connectivity index (χ2v) is 7.20. The molecule has 5 nitrogen and oxygen atoms in total.